The minimum atomic E-state index is -0.294. The van der Waals surface area contributed by atoms with Crippen LogP contribution in [0.5, 0.6) is 0 Å². The van der Waals surface area contributed by atoms with Gasteiger partial charge in [0.2, 0.25) is 0 Å². The van der Waals surface area contributed by atoms with Crippen molar-refractivity contribution in [3.8, 4) is 11.1 Å². The van der Waals surface area contributed by atoms with Gasteiger partial charge in [-0.25, -0.2) is 4.79 Å². The van der Waals surface area contributed by atoms with Crippen molar-refractivity contribution in [2.24, 2.45) is 7.05 Å². The predicted octanol–water partition coefficient (Wildman–Crippen LogP) is 4.54. The number of hydrogen-bond acceptors (Lipinski definition) is 3. The molecule has 2 aromatic carbocycles. The zero-order valence-corrected chi connectivity index (χ0v) is 16.1. The first kappa shape index (κ1) is 18.3. The predicted molar refractivity (Wildman–Crippen MR) is 111 cm³/mol. The lowest BCUT2D eigenvalue weighted by Gasteiger charge is -2.12. The van der Waals surface area contributed by atoms with E-state index in [1.165, 1.54) is 5.56 Å². The third-order valence-corrected chi connectivity index (χ3v) is 5.09. The number of urea groups is 1. The van der Waals surface area contributed by atoms with E-state index >= 15 is 0 Å². The Morgan fingerprint density at radius 3 is 2.54 bits per heavy atom. The third kappa shape index (κ3) is 3.77. The second kappa shape index (κ2) is 7.86. The molecule has 2 heterocycles. The summed E-state index contributed by atoms with van der Waals surface area (Å²) in [5, 5.41) is 10.3. The van der Waals surface area contributed by atoms with Gasteiger partial charge in [-0.05, 0) is 36.6 Å². The van der Waals surface area contributed by atoms with Gasteiger partial charge >= 0.3 is 6.03 Å². The lowest BCUT2D eigenvalue weighted by Crippen LogP contribution is -2.21. The molecule has 1 aromatic heterocycles. The van der Waals surface area contributed by atoms with Crippen LogP contribution in [0.4, 0.5) is 16.3 Å². The first-order valence-corrected chi connectivity index (χ1v) is 9.46. The van der Waals surface area contributed by atoms with E-state index < -0.39 is 0 Å². The summed E-state index contributed by atoms with van der Waals surface area (Å²) in [5.74, 6) is 1.12. The molecule has 1 fully saturated rings. The van der Waals surface area contributed by atoms with Gasteiger partial charge in [-0.1, -0.05) is 42.5 Å². The normalized spacial score (nSPS) is 16.1. The number of ether oxygens (including phenoxy) is 1. The van der Waals surface area contributed by atoms with E-state index in [1.807, 2.05) is 56.4 Å². The standard InChI is InChI=1S/C22H24N4O2/c1-15-20(17-6-4-3-5-7-17)21(26(2)25-15)24-22(27)23-19-10-8-16(9-11-19)18-12-13-28-14-18/h3-11,18H,12-14H2,1-2H3,(H2,23,24,27). The first-order chi connectivity index (χ1) is 13.6. The van der Waals surface area contributed by atoms with Gasteiger partial charge < -0.3 is 10.1 Å². The van der Waals surface area contributed by atoms with Crippen LogP contribution >= 0.6 is 0 Å². The maximum Gasteiger partial charge on any atom is 0.324 e. The lowest BCUT2D eigenvalue weighted by molar-refractivity contribution is 0.194. The molecule has 0 aliphatic carbocycles. The Morgan fingerprint density at radius 2 is 1.86 bits per heavy atom. The highest BCUT2D eigenvalue weighted by Gasteiger charge is 2.19. The molecule has 1 atom stereocenters. The number of nitrogens with one attached hydrogen (secondary N) is 2. The van der Waals surface area contributed by atoms with E-state index in [4.69, 9.17) is 4.74 Å². The van der Waals surface area contributed by atoms with E-state index in [0.29, 0.717) is 11.7 Å². The number of carbonyl (C=O) groups is 1. The fourth-order valence-corrected chi connectivity index (χ4v) is 3.66. The van der Waals surface area contributed by atoms with Crippen LogP contribution in [0.2, 0.25) is 0 Å². The quantitative estimate of drug-likeness (QED) is 0.702. The van der Waals surface area contributed by atoms with E-state index in [-0.39, 0.29) is 6.03 Å². The van der Waals surface area contributed by atoms with Crippen molar-refractivity contribution >= 4 is 17.5 Å². The number of rotatable bonds is 4. The van der Waals surface area contributed by atoms with Crippen LogP contribution in [0, 0.1) is 6.92 Å². The first-order valence-electron chi connectivity index (χ1n) is 9.46. The summed E-state index contributed by atoms with van der Waals surface area (Å²) < 4.78 is 7.14. The summed E-state index contributed by atoms with van der Waals surface area (Å²) in [7, 11) is 1.83. The number of nitrogens with zero attached hydrogens (tertiary/aromatic N) is 2. The van der Waals surface area contributed by atoms with Gasteiger partial charge in [0.15, 0.2) is 0 Å². The Bertz CT molecular complexity index is 958. The smallest absolute Gasteiger partial charge is 0.324 e. The highest BCUT2D eigenvalue weighted by Crippen LogP contribution is 2.31. The minimum absolute atomic E-state index is 0.294. The van der Waals surface area contributed by atoms with E-state index in [2.05, 4.69) is 27.9 Å². The summed E-state index contributed by atoms with van der Waals surface area (Å²) in [6.07, 6.45) is 1.05. The van der Waals surface area contributed by atoms with Crippen LogP contribution < -0.4 is 10.6 Å². The fourth-order valence-electron chi connectivity index (χ4n) is 3.66. The zero-order valence-electron chi connectivity index (χ0n) is 16.1. The van der Waals surface area contributed by atoms with Crippen molar-refractivity contribution in [1.29, 1.82) is 0 Å². The van der Waals surface area contributed by atoms with Gasteiger partial charge in [0, 0.05) is 30.8 Å². The Morgan fingerprint density at radius 1 is 1.11 bits per heavy atom. The number of aromatic nitrogens is 2. The van der Waals surface area contributed by atoms with E-state index in [9.17, 15) is 4.79 Å². The molecule has 0 saturated carbocycles. The average Bonchev–Trinajstić information content (AvgIpc) is 3.32. The molecule has 1 saturated heterocycles. The van der Waals surface area contributed by atoms with Gasteiger partial charge in [-0.15, -0.1) is 0 Å². The molecule has 28 heavy (non-hydrogen) atoms. The number of benzene rings is 2. The van der Waals surface area contributed by atoms with Crippen LogP contribution in [-0.2, 0) is 11.8 Å². The highest BCUT2D eigenvalue weighted by atomic mass is 16.5. The zero-order chi connectivity index (χ0) is 19.5. The number of anilines is 2. The number of amides is 2. The van der Waals surface area contributed by atoms with Crippen molar-refractivity contribution in [1.82, 2.24) is 9.78 Å². The Labute approximate surface area is 164 Å². The van der Waals surface area contributed by atoms with Crippen molar-refractivity contribution in [3.63, 3.8) is 0 Å². The van der Waals surface area contributed by atoms with Gasteiger partial charge in [0.05, 0.1) is 12.3 Å². The molecule has 6 nitrogen and oxygen atoms in total. The molecule has 4 rings (SSSR count). The molecular formula is C22H24N4O2. The molecule has 2 amide bonds. The van der Waals surface area contributed by atoms with Crippen LogP contribution in [0.3, 0.4) is 0 Å². The SMILES string of the molecule is Cc1nn(C)c(NC(=O)Nc2ccc(C3CCOC3)cc2)c1-c1ccccc1. The second-order valence-electron chi connectivity index (χ2n) is 7.06. The summed E-state index contributed by atoms with van der Waals surface area (Å²) in [4.78, 5) is 12.6. The summed E-state index contributed by atoms with van der Waals surface area (Å²) in [6, 6.07) is 17.6. The van der Waals surface area contributed by atoms with Crippen molar-refractivity contribution in [2.75, 3.05) is 23.8 Å². The van der Waals surface area contributed by atoms with E-state index in [1.54, 1.807) is 4.68 Å². The molecule has 144 valence electrons. The highest BCUT2D eigenvalue weighted by molar-refractivity contribution is 6.01. The topological polar surface area (TPSA) is 68.2 Å². The summed E-state index contributed by atoms with van der Waals surface area (Å²) >= 11 is 0. The Kier molecular flexibility index (Phi) is 5.12. The second-order valence-corrected chi connectivity index (χ2v) is 7.06. The maximum atomic E-state index is 12.6. The molecular weight excluding hydrogens is 352 g/mol. The van der Waals surface area contributed by atoms with E-state index in [0.717, 1.165) is 42.1 Å². The Balaban J connectivity index is 1.48. The average molecular weight is 376 g/mol. The van der Waals surface area contributed by atoms with Crippen molar-refractivity contribution < 1.29 is 9.53 Å². The van der Waals surface area contributed by atoms with Gasteiger partial charge in [-0.2, -0.15) is 5.10 Å². The largest absolute Gasteiger partial charge is 0.381 e. The molecule has 0 bridgehead atoms. The molecule has 1 aliphatic rings. The van der Waals surface area contributed by atoms with Crippen LogP contribution in [-0.4, -0.2) is 29.0 Å². The van der Waals surface area contributed by atoms with Gasteiger partial charge in [0.1, 0.15) is 5.82 Å². The molecule has 6 heteroatoms. The number of aryl methyl sites for hydroxylation is 2. The molecule has 1 unspecified atom stereocenters. The molecule has 2 N–H and O–H groups in total. The lowest BCUT2D eigenvalue weighted by atomic mass is 9.98. The summed E-state index contributed by atoms with van der Waals surface area (Å²) in [6.45, 7) is 3.53. The van der Waals surface area contributed by atoms with Crippen molar-refractivity contribution in [2.45, 2.75) is 19.3 Å². The Hall–Kier alpha value is -3.12. The number of carbonyl (C=O) groups excluding carboxylic acids is 1. The van der Waals surface area contributed by atoms with Gasteiger partial charge in [-0.3, -0.25) is 10.00 Å². The molecule has 1 aliphatic heterocycles. The van der Waals surface area contributed by atoms with Crippen LogP contribution in [0.15, 0.2) is 54.6 Å². The number of hydrogen-bond donors (Lipinski definition) is 2. The molecule has 0 radical (unpaired) electrons. The van der Waals surface area contributed by atoms with Crippen molar-refractivity contribution in [3.05, 3.63) is 65.9 Å². The fraction of sp³-hybridized carbons (Fsp3) is 0.273. The molecule has 3 aromatic rings. The van der Waals surface area contributed by atoms with Crippen LogP contribution in [0.25, 0.3) is 11.1 Å². The third-order valence-electron chi connectivity index (χ3n) is 5.09. The monoisotopic (exact) mass is 376 g/mol. The van der Waals surface area contributed by atoms with Crippen LogP contribution in [0.1, 0.15) is 23.6 Å². The maximum absolute atomic E-state index is 12.6. The summed E-state index contributed by atoms with van der Waals surface area (Å²) in [5.41, 5.74) is 4.81. The minimum Gasteiger partial charge on any atom is -0.381 e. The van der Waals surface area contributed by atoms with Gasteiger partial charge in [0.25, 0.3) is 0 Å². The molecule has 0 spiro atoms.